The number of anilines is 1. The first-order valence-electron chi connectivity index (χ1n) is 8.70. The molecule has 0 spiro atoms. The fourth-order valence-electron chi connectivity index (χ4n) is 2.40. The molecule has 0 aliphatic carbocycles. The van der Waals surface area contributed by atoms with Crippen LogP contribution in [0.1, 0.15) is 27.4 Å². The zero-order valence-corrected chi connectivity index (χ0v) is 16.7. The summed E-state index contributed by atoms with van der Waals surface area (Å²) in [5.74, 6) is -0.152. The lowest BCUT2D eigenvalue weighted by Crippen LogP contribution is -2.14. The number of carbonyl (C=O) groups excluding carboxylic acids is 1. The van der Waals surface area contributed by atoms with Gasteiger partial charge in [-0.1, -0.05) is 23.9 Å². The smallest absolute Gasteiger partial charge is 0.335 e. The first-order valence-corrected chi connectivity index (χ1v) is 9.68. The number of ether oxygens (including phenoxy) is 1. The van der Waals surface area contributed by atoms with Crippen LogP contribution in [-0.2, 0) is 11.4 Å². The topological polar surface area (TPSA) is 115 Å². The van der Waals surface area contributed by atoms with Gasteiger partial charge in [-0.3, -0.25) is 4.79 Å². The zero-order chi connectivity index (χ0) is 20.8. The van der Waals surface area contributed by atoms with Crippen LogP contribution in [0.5, 0.6) is 5.75 Å². The first kappa shape index (κ1) is 20.4. The Morgan fingerprint density at radius 3 is 2.62 bits per heavy atom. The molecule has 1 amide bonds. The van der Waals surface area contributed by atoms with Crippen molar-refractivity contribution < 1.29 is 23.8 Å². The Morgan fingerprint density at radius 1 is 1.14 bits per heavy atom. The van der Waals surface area contributed by atoms with Gasteiger partial charge in [0, 0.05) is 5.69 Å². The molecule has 0 aliphatic rings. The number of carboxylic acids is 1. The van der Waals surface area contributed by atoms with Crippen molar-refractivity contribution in [2.24, 2.45) is 0 Å². The summed E-state index contributed by atoms with van der Waals surface area (Å²) in [5.41, 5.74) is 2.84. The van der Waals surface area contributed by atoms with E-state index in [1.165, 1.54) is 24.3 Å². The van der Waals surface area contributed by atoms with Gasteiger partial charge in [0.25, 0.3) is 11.1 Å². The molecule has 2 aromatic carbocycles. The van der Waals surface area contributed by atoms with Crippen LogP contribution in [0.2, 0.25) is 0 Å². The Kier molecular flexibility index (Phi) is 6.50. The fraction of sp³-hybridized carbons (Fsp3) is 0.200. The second-order valence-corrected chi connectivity index (χ2v) is 7.09. The number of carboxylic acid groups (broad SMARTS) is 1. The maximum absolute atomic E-state index is 12.0. The Balaban J connectivity index is 1.47. The highest BCUT2D eigenvalue weighted by Gasteiger charge is 2.12. The predicted molar refractivity (Wildman–Crippen MR) is 107 cm³/mol. The third-order valence-electron chi connectivity index (χ3n) is 4.10. The number of nitrogens with one attached hydrogen (secondary N) is 1. The van der Waals surface area contributed by atoms with Gasteiger partial charge in [-0.2, -0.15) is 0 Å². The largest absolute Gasteiger partial charge is 0.484 e. The van der Waals surface area contributed by atoms with E-state index in [9.17, 15) is 9.59 Å². The lowest BCUT2D eigenvalue weighted by molar-refractivity contribution is -0.113. The van der Waals surface area contributed by atoms with Crippen LogP contribution in [0.25, 0.3) is 0 Å². The van der Waals surface area contributed by atoms with E-state index < -0.39 is 5.97 Å². The summed E-state index contributed by atoms with van der Waals surface area (Å²) >= 11 is 1.10. The molecule has 9 heteroatoms. The van der Waals surface area contributed by atoms with E-state index in [1.54, 1.807) is 0 Å². The van der Waals surface area contributed by atoms with E-state index >= 15 is 0 Å². The van der Waals surface area contributed by atoms with Gasteiger partial charge in [0.15, 0.2) is 6.61 Å². The van der Waals surface area contributed by atoms with E-state index in [2.05, 4.69) is 15.5 Å². The number of aromatic carboxylic acids is 1. The van der Waals surface area contributed by atoms with Gasteiger partial charge in [0.2, 0.25) is 5.91 Å². The number of thioether (sulfide) groups is 1. The number of rotatable bonds is 8. The third kappa shape index (κ3) is 5.58. The van der Waals surface area contributed by atoms with Gasteiger partial charge < -0.3 is 19.6 Å². The molecule has 0 aliphatic heterocycles. The summed E-state index contributed by atoms with van der Waals surface area (Å²) in [6, 6.07) is 11.7. The predicted octanol–water partition coefficient (Wildman–Crippen LogP) is 3.69. The van der Waals surface area contributed by atoms with E-state index in [0.717, 1.165) is 28.6 Å². The van der Waals surface area contributed by atoms with Crippen molar-refractivity contribution in [3.8, 4) is 5.75 Å². The summed E-state index contributed by atoms with van der Waals surface area (Å²) in [5, 5.41) is 19.6. The molecule has 0 fully saturated rings. The number of aromatic nitrogens is 2. The third-order valence-corrected chi connectivity index (χ3v) is 4.92. The van der Waals surface area contributed by atoms with Gasteiger partial charge in [-0.25, -0.2) is 4.79 Å². The number of aryl methyl sites for hydroxylation is 1. The normalized spacial score (nSPS) is 10.6. The van der Waals surface area contributed by atoms with E-state index in [0.29, 0.717) is 11.6 Å². The molecule has 8 nitrogen and oxygen atoms in total. The van der Waals surface area contributed by atoms with Crippen molar-refractivity contribution in [2.75, 3.05) is 11.1 Å². The van der Waals surface area contributed by atoms with Gasteiger partial charge in [0.05, 0.1) is 11.3 Å². The second-order valence-electron chi connectivity index (χ2n) is 6.17. The Morgan fingerprint density at radius 2 is 1.90 bits per heavy atom. The van der Waals surface area contributed by atoms with Crippen molar-refractivity contribution in [3.63, 3.8) is 0 Å². The van der Waals surface area contributed by atoms with Gasteiger partial charge in [-0.15, -0.1) is 10.2 Å². The van der Waals surface area contributed by atoms with Gasteiger partial charge >= 0.3 is 5.97 Å². The SMILES string of the molecule is Cc1cccc(OCc2nnc(SCC(=O)Nc3ccc(C(=O)O)cc3)o2)c1C. The Hall–Kier alpha value is -3.33. The monoisotopic (exact) mass is 413 g/mol. The van der Waals surface area contributed by atoms with Crippen LogP contribution < -0.4 is 10.1 Å². The van der Waals surface area contributed by atoms with Crippen molar-refractivity contribution >= 4 is 29.3 Å². The minimum absolute atomic E-state index is 0.0696. The van der Waals surface area contributed by atoms with E-state index in [4.69, 9.17) is 14.3 Å². The average molecular weight is 413 g/mol. The minimum Gasteiger partial charge on any atom is -0.484 e. The average Bonchev–Trinajstić information content (AvgIpc) is 3.16. The second kappa shape index (κ2) is 9.24. The fourth-order valence-corrected chi connectivity index (χ4v) is 2.98. The number of hydrogen-bond donors (Lipinski definition) is 2. The number of benzene rings is 2. The number of amides is 1. The maximum Gasteiger partial charge on any atom is 0.335 e. The molecular formula is C20H19N3O5S. The van der Waals surface area contributed by atoms with Crippen LogP contribution in [0, 0.1) is 13.8 Å². The van der Waals surface area contributed by atoms with E-state index in [-0.39, 0.29) is 29.1 Å². The van der Waals surface area contributed by atoms with Crippen LogP contribution in [0.4, 0.5) is 5.69 Å². The molecule has 3 rings (SSSR count). The van der Waals surface area contributed by atoms with Crippen molar-refractivity contribution in [3.05, 3.63) is 65.0 Å². The van der Waals surface area contributed by atoms with Gasteiger partial charge in [-0.05, 0) is 55.3 Å². The van der Waals surface area contributed by atoms with Gasteiger partial charge in [0.1, 0.15) is 5.75 Å². The molecule has 29 heavy (non-hydrogen) atoms. The molecule has 0 unspecified atom stereocenters. The number of hydrogen-bond acceptors (Lipinski definition) is 7. The lowest BCUT2D eigenvalue weighted by Gasteiger charge is -2.08. The molecule has 0 radical (unpaired) electrons. The lowest BCUT2D eigenvalue weighted by atomic mass is 10.1. The highest BCUT2D eigenvalue weighted by Crippen LogP contribution is 2.22. The minimum atomic E-state index is -1.02. The van der Waals surface area contributed by atoms with Crippen LogP contribution in [0.3, 0.4) is 0 Å². The molecule has 0 saturated carbocycles. The molecule has 1 aromatic heterocycles. The summed E-state index contributed by atoms with van der Waals surface area (Å²) in [6.07, 6.45) is 0. The zero-order valence-electron chi connectivity index (χ0n) is 15.8. The molecule has 1 heterocycles. The molecule has 0 saturated heterocycles. The van der Waals surface area contributed by atoms with Crippen LogP contribution >= 0.6 is 11.8 Å². The maximum atomic E-state index is 12.0. The molecule has 3 aromatic rings. The number of carbonyl (C=O) groups is 2. The van der Waals surface area contributed by atoms with E-state index in [1.807, 2.05) is 32.0 Å². The highest BCUT2D eigenvalue weighted by atomic mass is 32.2. The first-order chi connectivity index (χ1) is 13.9. The van der Waals surface area contributed by atoms with Crippen molar-refractivity contribution in [2.45, 2.75) is 25.7 Å². The Labute approximate surface area is 171 Å². The molecule has 2 N–H and O–H groups in total. The van der Waals surface area contributed by atoms with Crippen LogP contribution in [0.15, 0.2) is 52.1 Å². The molecular weight excluding hydrogens is 394 g/mol. The summed E-state index contributed by atoms with van der Waals surface area (Å²) < 4.78 is 11.2. The summed E-state index contributed by atoms with van der Waals surface area (Å²) in [7, 11) is 0. The standard InChI is InChI=1S/C20H19N3O5S/c1-12-4-3-5-16(13(12)2)27-10-18-22-23-20(28-18)29-11-17(24)21-15-8-6-14(7-9-15)19(25)26/h3-9H,10-11H2,1-2H3,(H,21,24)(H,25,26). The summed E-state index contributed by atoms with van der Waals surface area (Å²) in [6.45, 7) is 4.13. The van der Waals surface area contributed by atoms with Crippen LogP contribution in [-0.4, -0.2) is 32.9 Å². The highest BCUT2D eigenvalue weighted by molar-refractivity contribution is 7.99. The number of nitrogens with zero attached hydrogens (tertiary/aromatic N) is 2. The van der Waals surface area contributed by atoms with Crippen molar-refractivity contribution in [1.82, 2.24) is 10.2 Å². The molecule has 0 atom stereocenters. The quantitative estimate of drug-likeness (QED) is 0.537. The van der Waals surface area contributed by atoms with Crippen molar-refractivity contribution in [1.29, 1.82) is 0 Å². The summed E-state index contributed by atoms with van der Waals surface area (Å²) in [4.78, 5) is 22.9. The molecule has 150 valence electrons. The molecule has 0 bridgehead atoms. The Bertz CT molecular complexity index is 1020.